The van der Waals surface area contributed by atoms with Crippen molar-refractivity contribution in [1.29, 1.82) is 0 Å². The first kappa shape index (κ1) is 17.1. The van der Waals surface area contributed by atoms with Crippen molar-refractivity contribution in [3.05, 3.63) is 0 Å². The topological polar surface area (TPSA) is 73.8 Å². The molecule has 3 fully saturated rings. The van der Waals surface area contributed by atoms with Gasteiger partial charge in [0.15, 0.2) is 0 Å². The highest BCUT2D eigenvalue weighted by Crippen LogP contribution is 2.35. The van der Waals surface area contributed by atoms with Crippen LogP contribution in [0.4, 0.5) is 0 Å². The van der Waals surface area contributed by atoms with Crippen LogP contribution in [0.1, 0.15) is 51.4 Å². The molecule has 2 aliphatic carbocycles. The molecule has 3 rings (SSSR count). The third-order valence-electron chi connectivity index (χ3n) is 6.05. The van der Waals surface area contributed by atoms with Crippen LogP contribution in [-0.2, 0) is 9.63 Å². The Morgan fingerprint density at radius 1 is 1.09 bits per heavy atom. The fourth-order valence-corrected chi connectivity index (χ4v) is 4.56. The van der Waals surface area contributed by atoms with Gasteiger partial charge in [0.05, 0.1) is 12.1 Å². The summed E-state index contributed by atoms with van der Waals surface area (Å²) < 4.78 is 0. The monoisotopic (exact) mass is 325 g/mol. The van der Waals surface area contributed by atoms with Gasteiger partial charge in [-0.25, -0.2) is 0 Å². The molecule has 1 heterocycles. The lowest BCUT2D eigenvalue weighted by Crippen LogP contribution is -2.46. The van der Waals surface area contributed by atoms with E-state index in [-0.39, 0.29) is 18.3 Å². The standard InChI is InChI=1S/C17H31N3O3/c1-20(2)14-8-4-6-12(10-14)16-18-15(19-23-16)11-5-3-7-13(9-11)17(21)22/h11-16,18-19H,3-10H2,1-2H3,(H,21,22). The highest BCUT2D eigenvalue weighted by molar-refractivity contribution is 5.70. The molecule has 0 bridgehead atoms. The third-order valence-corrected chi connectivity index (χ3v) is 6.05. The summed E-state index contributed by atoms with van der Waals surface area (Å²) in [6.07, 6.45) is 8.71. The highest BCUT2D eigenvalue weighted by Gasteiger charge is 2.40. The van der Waals surface area contributed by atoms with E-state index in [0.717, 1.165) is 25.7 Å². The normalized spacial score (nSPS) is 42.0. The summed E-state index contributed by atoms with van der Waals surface area (Å²) >= 11 is 0. The van der Waals surface area contributed by atoms with E-state index >= 15 is 0 Å². The van der Waals surface area contributed by atoms with Crippen molar-refractivity contribution < 1.29 is 14.7 Å². The van der Waals surface area contributed by atoms with Crippen LogP contribution in [0.3, 0.4) is 0 Å². The van der Waals surface area contributed by atoms with Crippen LogP contribution in [0, 0.1) is 17.8 Å². The fraction of sp³-hybridized carbons (Fsp3) is 0.941. The second-order valence-electron chi connectivity index (χ2n) is 7.81. The van der Waals surface area contributed by atoms with E-state index in [0.29, 0.717) is 17.9 Å². The quantitative estimate of drug-likeness (QED) is 0.732. The molecule has 0 spiro atoms. The molecule has 6 atom stereocenters. The molecule has 6 unspecified atom stereocenters. The van der Waals surface area contributed by atoms with E-state index in [2.05, 4.69) is 29.8 Å². The van der Waals surface area contributed by atoms with Crippen LogP contribution in [0.15, 0.2) is 0 Å². The van der Waals surface area contributed by atoms with E-state index < -0.39 is 5.97 Å². The van der Waals surface area contributed by atoms with E-state index in [1.165, 1.54) is 25.7 Å². The zero-order valence-electron chi connectivity index (χ0n) is 14.3. The number of hydrogen-bond donors (Lipinski definition) is 3. The Morgan fingerprint density at radius 3 is 2.57 bits per heavy atom. The van der Waals surface area contributed by atoms with Crippen LogP contribution in [0.5, 0.6) is 0 Å². The third kappa shape index (κ3) is 4.05. The number of carboxylic acid groups (broad SMARTS) is 1. The fourth-order valence-electron chi connectivity index (χ4n) is 4.56. The van der Waals surface area contributed by atoms with Crippen LogP contribution in [0.2, 0.25) is 0 Å². The summed E-state index contributed by atoms with van der Waals surface area (Å²) in [5.74, 6) is 0.0473. The van der Waals surface area contributed by atoms with E-state index in [1.54, 1.807) is 0 Å². The lowest BCUT2D eigenvalue weighted by Gasteiger charge is -2.35. The van der Waals surface area contributed by atoms with Gasteiger partial charge in [-0.1, -0.05) is 12.8 Å². The zero-order chi connectivity index (χ0) is 16.4. The molecule has 132 valence electrons. The molecule has 0 aromatic rings. The van der Waals surface area contributed by atoms with Gasteiger partial charge >= 0.3 is 5.97 Å². The summed E-state index contributed by atoms with van der Waals surface area (Å²) in [7, 11) is 4.32. The lowest BCUT2D eigenvalue weighted by atomic mass is 9.79. The molecule has 2 saturated carbocycles. The predicted molar refractivity (Wildman–Crippen MR) is 87.4 cm³/mol. The summed E-state index contributed by atoms with van der Waals surface area (Å²) in [6.45, 7) is 0. The number of nitrogens with one attached hydrogen (secondary N) is 2. The zero-order valence-corrected chi connectivity index (χ0v) is 14.3. The van der Waals surface area contributed by atoms with Gasteiger partial charge in [0, 0.05) is 12.0 Å². The molecule has 6 nitrogen and oxygen atoms in total. The van der Waals surface area contributed by atoms with Gasteiger partial charge in [0.25, 0.3) is 0 Å². The number of hydrogen-bond acceptors (Lipinski definition) is 5. The van der Waals surface area contributed by atoms with Crippen molar-refractivity contribution in [2.24, 2.45) is 17.8 Å². The molecule has 0 aromatic heterocycles. The SMILES string of the molecule is CN(C)C1CCCC(C2NC(C3CCCC(C(=O)O)C3)NO2)C1. The summed E-state index contributed by atoms with van der Waals surface area (Å²) in [5, 5.41) is 12.9. The summed E-state index contributed by atoms with van der Waals surface area (Å²) in [5.41, 5.74) is 3.16. The Hall–Kier alpha value is -0.690. The molecule has 0 aromatic carbocycles. The van der Waals surface area contributed by atoms with E-state index in [9.17, 15) is 9.90 Å². The minimum Gasteiger partial charge on any atom is -0.481 e. The number of nitrogens with zero attached hydrogens (tertiary/aromatic N) is 1. The predicted octanol–water partition coefficient (Wildman–Crippen LogP) is 1.77. The maximum Gasteiger partial charge on any atom is 0.306 e. The second-order valence-corrected chi connectivity index (χ2v) is 7.81. The van der Waals surface area contributed by atoms with E-state index in [1.807, 2.05) is 0 Å². The van der Waals surface area contributed by atoms with Crippen LogP contribution in [-0.4, -0.2) is 48.5 Å². The van der Waals surface area contributed by atoms with Crippen molar-refractivity contribution in [2.75, 3.05) is 14.1 Å². The van der Waals surface area contributed by atoms with E-state index in [4.69, 9.17) is 4.84 Å². The first-order chi connectivity index (χ1) is 11.0. The number of aliphatic carboxylic acids is 1. The molecular formula is C17H31N3O3. The number of carboxylic acids is 1. The van der Waals surface area contributed by atoms with Crippen molar-refractivity contribution in [2.45, 2.75) is 69.8 Å². The Labute approximate surface area is 138 Å². The lowest BCUT2D eigenvalue weighted by molar-refractivity contribution is -0.143. The van der Waals surface area contributed by atoms with Crippen molar-refractivity contribution in [3.63, 3.8) is 0 Å². The Morgan fingerprint density at radius 2 is 1.83 bits per heavy atom. The molecule has 6 heteroatoms. The van der Waals surface area contributed by atoms with Gasteiger partial charge in [-0.3, -0.25) is 14.9 Å². The van der Waals surface area contributed by atoms with Crippen LogP contribution in [0.25, 0.3) is 0 Å². The average molecular weight is 325 g/mol. The number of hydroxylamine groups is 1. The second kappa shape index (κ2) is 7.47. The minimum absolute atomic E-state index is 0.0629. The van der Waals surface area contributed by atoms with Crippen molar-refractivity contribution >= 4 is 5.97 Å². The maximum atomic E-state index is 11.2. The van der Waals surface area contributed by atoms with Crippen molar-refractivity contribution in [1.82, 2.24) is 15.7 Å². The minimum atomic E-state index is -0.647. The Bertz CT molecular complexity index is 418. The highest BCUT2D eigenvalue weighted by atomic mass is 16.7. The molecule has 1 aliphatic heterocycles. The van der Waals surface area contributed by atoms with Crippen molar-refractivity contribution in [3.8, 4) is 0 Å². The molecule has 0 radical (unpaired) electrons. The first-order valence-electron chi connectivity index (χ1n) is 9.11. The van der Waals surface area contributed by atoms with Gasteiger partial charge in [-0.15, -0.1) is 0 Å². The van der Waals surface area contributed by atoms with Gasteiger partial charge in [0.1, 0.15) is 6.23 Å². The number of rotatable bonds is 4. The molecule has 1 saturated heterocycles. The summed E-state index contributed by atoms with van der Waals surface area (Å²) in [6, 6.07) is 0.643. The molecule has 3 N–H and O–H groups in total. The molecule has 0 amide bonds. The van der Waals surface area contributed by atoms with Crippen LogP contribution < -0.4 is 10.8 Å². The number of carbonyl (C=O) groups is 1. The summed E-state index contributed by atoms with van der Waals surface area (Å²) in [4.78, 5) is 19.4. The molecular weight excluding hydrogens is 294 g/mol. The average Bonchev–Trinajstić information content (AvgIpc) is 3.05. The van der Waals surface area contributed by atoms with Gasteiger partial charge in [-0.2, -0.15) is 5.48 Å². The first-order valence-corrected chi connectivity index (χ1v) is 9.11. The Kier molecular flexibility index (Phi) is 5.57. The van der Waals surface area contributed by atoms with Gasteiger partial charge in [-0.05, 0) is 58.5 Å². The largest absolute Gasteiger partial charge is 0.481 e. The Balaban J connectivity index is 1.53. The van der Waals surface area contributed by atoms with Gasteiger partial charge < -0.3 is 10.0 Å². The smallest absolute Gasteiger partial charge is 0.306 e. The molecule has 3 aliphatic rings. The molecule has 23 heavy (non-hydrogen) atoms. The van der Waals surface area contributed by atoms with Crippen LogP contribution >= 0.6 is 0 Å². The maximum absolute atomic E-state index is 11.2. The van der Waals surface area contributed by atoms with Gasteiger partial charge in [0.2, 0.25) is 0 Å².